The normalized spacial score (nSPS) is 14.9. The van der Waals surface area contributed by atoms with Gasteiger partial charge in [0, 0.05) is 19.7 Å². The van der Waals surface area contributed by atoms with Crippen LogP contribution < -0.4 is 5.32 Å². The van der Waals surface area contributed by atoms with Crippen molar-refractivity contribution in [1.82, 2.24) is 5.32 Å². The molecule has 0 heterocycles. The van der Waals surface area contributed by atoms with E-state index in [4.69, 9.17) is 4.74 Å². The molecule has 0 amide bonds. The molecule has 0 fully saturated rings. The molecule has 2 nitrogen and oxygen atoms in total. The van der Waals surface area contributed by atoms with Crippen LogP contribution in [0.5, 0.6) is 0 Å². The van der Waals surface area contributed by atoms with Crippen LogP contribution in [0.15, 0.2) is 30.3 Å². The molecule has 0 aliphatic heterocycles. The molecule has 2 unspecified atom stereocenters. The maximum Gasteiger partial charge on any atom is 0.0667 e. The van der Waals surface area contributed by atoms with E-state index in [1.807, 2.05) is 0 Å². The standard InChI is InChI=1S/C15H25NO/c1-12(2)10-15(16-11-13(3)17-4)14-8-6-5-7-9-14/h5-9,12-13,15-16H,10-11H2,1-4H3. The van der Waals surface area contributed by atoms with E-state index < -0.39 is 0 Å². The molecule has 2 heteroatoms. The maximum absolute atomic E-state index is 5.28. The van der Waals surface area contributed by atoms with E-state index in [2.05, 4.69) is 56.4 Å². The highest BCUT2D eigenvalue weighted by Crippen LogP contribution is 2.20. The average molecular weight is 235 g/mol. The molecule has 2 atom stereocenters. The summed E-state index contributed by atoms with van der Waals surface area (Å²) < 4.78 is 5.28. The van der Waals surface area contributed by atoms with E-state index in [0.717, 1.165) is 13.0 Å². The van der Waals surface area contributed by atoms with Gasteiger partial charge in [0.25, 0.3) is 0 Å². The summed E-state index contributed by atoms with van der Waals surface area (Å²) in [5.74, 6) is 0.686. The summed E-state index contributed by atoms with van der Waals surface area (Å²) in [6.45, 7) is 7.50. The first-order chi connectivity index (χ1) is 8.13. The van der Waals surface area contributed by atoms with Gasteiger partial charge in [0.15, 0.2) is 0 Å². The quantitative estimate of drug-likeness (QED) is 0.782. The third kappa shape index (κ3) is 5.33. The molecule has 17 heavy (non-hydrogen) atoms. The van der Waals surface area contributed by atoms with Gasteiger partial charge in [0.05, 0.1) is 6.10 Å². The molecule has 0 saturated heterocycles. The molecule has 0 radical (unpaired) electrons. The fourth-order valence-electron chi connectivity index (χ4n) is 1.89. The number of benzene rings is 1. The summed E-state index contributed by atoms with van der Waals surface area (Å²) in [6.07, 6.45) is 1.41. The third-order valence-electron chi connectivity index (χ3n) is 2.96. The Balaban J connectivity index is 2.61. The van der Waals surface area contributed by atoms with Gasteiger partial charge in [-0.3, -0.25) is 0 Å². The smallest absolute Gasteiger partial charge is 0.0667 e. The molecular formula is C15H25NO. The molecule has 0 aliphatic rings. The summed E-state index contributed by atoms with van der Waals surface area (Å²) >= 11 is 0. The van der Waals surface area contributed by atoms with Crippen LogP contribution in [0.25, 0.3) is 0 Å². The van der Waals surface area contributed by atoms with Crippen LogP contribution in [0.2, 0.25) is 0 Å². The van der Waals surface area contributed by atoms with Gasteiger partial charge in [-0.15, -0.1) is 0 Å². The van der Waals surface area contributed by atoms with Gasteiger partial charge >= 0.3 is 0 Å². The SMILES string of the molecule is COC(C)CNC(CC(C)C)c1ccccc1. The molecular weight excluding hydrogens is 210 g/mol. The Labute approximate surface area is 105 Å². The van der Waals surface area contributed by atoms with Crippen molar-refractivity contribution in [3.8, 4) is 0 Å². The highest BCUT2D eigenvalue weighted by Gasteiger charge is 2.13. The lowest BCUT2D eigenvalue weighted by Gasteiger charge is -2.23. The Morgan fingerprint density at radius 3 is 2.29 bits per heavy atom. The Kier molecular flexibility index (Phi) is 6.23. The van der Waals surface area contributed by atoms with E-state index in [1.54, 1.807) is 7.11 Å². The van der Waals surface area contributed by atoms with Crippen LogP contribution in [0.3, 0.4) is 0 Å². The van der Waals surface area contributed by atoms with Crippen LogP contribution in [0.1, 0.15) is 38.8 Å². The van der Waals surface area contributed by atoms with Crippen LogP contribution in [-0.4, -0.2) is 19.8 Å². The van der Waals surface area contributed by atoms with Gasteiger partial charge < -0.3 is 10.1 Å². The second kappa shape index (κ2) is 7.46. The highest BCUT2D eigenvalue weighted by atomic mass is 16.5. The topological polar surface area (TPSA) is 21.3 Å². The molecule has 0 bridgehead atoms. The van der Waals surface area contributed by atoms with Crippen molar-refractivity contribution in [2.24, 2.45) is 5.92 Å². The molecule has 1 rings (SSSR count). The van der Waals surface area contributed by atoms with E-state index in [-0.39, 0.29) is 6.10 Å². The maximum atomic E-state index is 5.28. The van der Waals surface area contributed by atoms with E-state index in [9.17, 15) is 0 Å². The first-order valence-corrected chi connectivity index (χ1v) is 6.44. The molecule has 1 aromatic rings. The average Bonchev–Trinajstić information content (AvgIpc) is 2.34. The number of ether oxygens (including phenoxy) is 1. The largest absolute Gasteiger partial charge is 0.380 e. The number of hydrogen-bond acceptors (Lipinski definition) is 2. The minimum absolute atomic E-state index is 0.258. The molecule has 96 valence electrons. The van der Waals surface area contributed by atoms with Gasteiger partial charge in [-0.2, -0.15) is 0 Å². The number of methoxy groups -OCH3 is 1. The molecule has 1 N–H and O–H groups in total. The molecule has 0 saturated carbocycles. The Morgan fingerprint density at radius 2 is 1.76 bits per heavy atom. The van der Waals surface area contributed by atoms with E-state index in [0.29, 0.717) is 12.0 Å². The van der Waals surface area contributed by atoms with E-state index in [1.165, 1.54) is 5.56 Å². The number of hydrogen-bond donors (Lipinski definition) is 1. The zero-order valence-corrected chi connectivity index (χ0v) is 11.4. The summed E-state index contributed by atoms with van der Waals surface area (Å²) in [6, 6.07) is 11.1. The minimum Gasteiger partial charge on any atom is -0.380 e. The number of rotatable bonds is 7. The molecule has 1 aromatic carbocycles. The second-order valence-corrected chi connectivity index (χ2v) is 5.05. The first-order valence-electron chi connectivity index (χ1n) is 6.44. The van der Waals surface area contributed by atoms with Crippen molar-refractivity contribution in [1.29, 1.82) is 0 Å². The molecule has 0 aromatic heterocycles. The van der Waals surface area contributed by atoms with Crippen molar-refractivity contribution in [2.75, 3.05) is 13.7 Å². The lowest BCUT2D eigenvalue weighted by atomic mass is 9.97. The fraction of sp³-hybridized carbons (Fsp3) is 0.600. The lowest BCUT2D eigenvalue weighted by molar-refractivity contribution is 0.113. The zero-order valence-electron chi connectivity index (χ0n) is 11.4. The Hall–Kier alpha value is -0.860. The molecule has 0 spiro atoms. The van der Waals surface area contributed by atoms with Gasteiger partial charge in [0.2, 0.25) is 0 Å². The summed E-state index contributed by atoms with van der Waals surface area (Å²) in [7, 11) is 1.76. The van der Waals surface area contributed by atoms with Gasteiger partial charge in [0.1, 0.15) is 0 Å². The Morgan fingerprint density at radius 1 is 1.12 bits per heavy atom. The third-order valence-corrected chi connectivity index (χ3v) is 2.96. The minimum atomic E-state index is 0.258. The predicted molar refractivity (Wildman–Crippen MR) is 73.1 cm³/mol. The zero-order chi connectivity index (χ0) is 12.7. The van der Waals surface area contributed by atoms with Crippen molar-refractivity contribution in [3.05, 3.63) is 35.9 Å². The second-order valence-electron chi connectivity index (χ2n) is 5.05. The predicted octanol–water partition coefficient (Wildman–Crippen LogP) is 3.40. The molecule has 0 aliphatic carbocycles. The monoisotopic (exact) mass is 235 g/mol. The van der Waals surface area contributed by atoms with Crippen LogP contribution in [-0.2, 0) is 4.74 Å². The highest BCUT2D eigenvalue weighted by molar-refractivity contribution is 5.18. The lowest BCUT2D eigenvalue weighted by Crippen LogP contribution is -2.30. The van der Waals surface area contributed by atoms with Crippen molar-refractivity contribution < 1.29 is 4.74 Å². The van der Waals surface area contributed by atoms with E-state index >= 15 is 0 Å². The van der Waals surface area contributed by atoms with Crippen LogP contribution in [0.4, 0.5) is 0 Å². The van der Waals surface area contributed by atoms with Crippen molar-refractivity contribution in [3.63, 3.8) is 0 Å². The number of nitrogens with one attached hydrogen (secondary N) is 1. The van der Waals surface area contributed by atoms with Gasteiger partial charge in [-0.05, 0) is 24.8 Å². The van der Waals surface area contributed by atoms with Gasteiger partial charge in [-0.25, -0.2) is 0 Å². The summed E-state index contributed by atoms with van der Waals surface area (Å²) in [5, 5.41) is 3.59. The van der Waals surface area contributed by atoms with Gasteiger partial charge in [-0.1, -0.05) is 44.2 Å². The summed E-state index contributed by atoms with van der Waals surface area (Å²) in [4.78, 5) is 0. The van der Waals surface area contributed by atoms with Crippen molar-refractivity contribution in [2.45, 2.75) is 39.3 Å². The first kappa shape index (κ1) is 14.2. The van der Waals surface area contributed by atoms with Crippen LogP contribution in [0, 0.1) is 5.92 Å². The summed E-state index contributed by atoms with van der Waals surface area (Å²) in [5.41, 5.74) is 1.37. The fourth-order valence-corrected chi connectivity index (χ4v) is 1.89. The van der Waals surface area contributed by atoms with Crippen molar-refractivity contribution >= 4 is 0 Å². The Bertz CT molecular complexity index is 297. The van der Waals surface area contributed by atoms with Crippen LogP contribution >= 0.6 is 0 Å².